The van der Waals surface area contributed by atoms with Crippen molar-refractivity contribution in [2.24, 2.45) is 0 Å². The van der Waals surface area contributed by atoms with Crippen molar-refractivity contribution in [1.82, 2.24) is 9.97 Å². The van der Waals surface area contributed by atoms with Crippen LogP contribution in [0.3, 0.4) is 0 Å². The van der Waals surface area contributed by atoms with Gasteiger partial charge in [0, 0.05) is 24.2 Å². The van der Waals surface area contributed by atoms with Crippen LogP contribution in [0.15, 0.2) is 47.9 Å². The summed E-state index contributed by atoms with van der Waals surface area (Å²) in [6, 6.07) is 8.07. The maximum Gasteiger partial charge on any atom is 0.0957 e. The predicted octanol–water partition coefficient (Wildman–Crippen LogP) is 2.87. The van der Waals surface area contributed by atoms with Crippen molar-refractivity contribution >= 4 is 11.8 Å². The normalized spacial score (nSPS) is 10.1. The Morgan fingerprint density at radius 2 is 1.79 bits per heavy atom. The minimum absolute atomic E-state index is 1.04. The molecule has 0 saturated heterocycles. The second kappa shape index (κ2) is 4.24. The average molecular weight is 202 g/mol. The van der Waals surface area contributed by atoms with E-state index >= 15 is 0 Å². The molecule has 0 amide bonds. The molecular weight excluding hydrogens is 192 g/mol. The third kappa shape index (κ3) is 1.93. The summed E-state index contributed by atoms with van der Waals surface area (Å²) >= 11 is 1.65. The van der Waals surface area contributed by atoms with Crippen LogP contribution in [0.25, 0.3) is 11.1 Å². The first-order valence-electron chi connectivity index (χ1n) is 4.30. The monoisotopic (exact) mass is 202 g/mol. The Kier molecular flexibility index (Phi) is 2.79. The van der Waals surface area contributed by atoms with Crippen molar-refractivity contribution in [2.45, 2.75) is 5.03 Å². The lowest BCUT2D eigenvalue weighted by Gasteiger charge is -2.00. The number of pyridine rings is 2. The molecule has 70 valence electrons. The average Bonchev–Trinajstić information content (AvgIpc) is 2.30. The molecule has 2 rings (SSSR count). The summed E-state index contributed by atoms with van der Waals surface area (Å²) in [6.07, 6.45) is 7.49. The molecule has 2 aromatic heterocycles. The van der Waals surface area contributed by atoms with Crippen LogP contribution in [0.1, 0.15) is 0 Å². The molecule has 0 spiro atoms. The molecule has 0 aliphatic carbocycles. The molecule has 0 N–H and O–H groups in total. The van der Waals surface area contributed by atoms with Crippen molar-refractivity contribution in [1.29, 1.82) is 0 Å². The zero-order valence-corrected chi connectivity index (χ0v) is 8.66. The van der Waals surface area contributed by atoms with Crippen LogP contribution in [-0.4, -0.2) is 16.2 Å². The molecule has 0 bridgehead atoms. The Hall–Kier alpha value is -1.35. The molecule has 3 heteroatoms. The highest BCUT2D eigenvalue weighted by Gasteiger charge is 1.97. The molecular formula is C11H10N2S. The van der Waals surface area contributed by atoms with Gasteiger partial charge in [-0.1, -0.05) is 6.07 Å². The standard InChI is InChI=1S/C11H10N2S/c1-14-11-3-2-10(8-13-11)9-4-6-12-7-5-9/h2-8H,1H3. The molecule has 0 aromatic carbocycles. The second-order valence-electron chi connectivity index (χ2n) is 2.83. The molecule has 0 aliphatic heterocycles. The lowest BCUT2D eigenvalue weighted by Crippen LogP contribution is -1.82. The number of aromatic nitrogens is 2. The minimum Gasteiger partial charge on any atom is -0.265 e. The molecule has 0 saturated carbocycles. The molecule has 0 aliphatic rings. The molecule has 2 aromatic rings. The van der Waals surface area contributed by atoms with Gasteiger partial charge in [-0.2, -0.15) is 0 Å². The summed E-state index contributed by atoms with van der Waals surface area (Å²) in [5, 5.41) is 1.04. The third-order valence-corrected chi connectivity index (χ3v) is 2.62. The Labute approximate surface area is 87.4 Å². The molecule has 0 fully saturated rings. The van der Waals surface area contributed by atoms with E-state index in [0.29, 0.717) is 0 Å². The van der Waals surface area contributed by atoms with E-state index < -0.39 is 0 Å². The highest BCUT2D eigenvalue weighted by atomic mass is 32.2. The summed E-state index contributed by atoms with van der Waals surface area (Å²) in [5.41, 5.74) is 2.28. The van der Waals surface area contributed by atoms with Gasteiger partial charge < -0.3 is 0 Å². The van der Waals surface area contributed by atoms with Gasteiger partial charge in [0.05, 0.1) is 5.03 Å². The quantitative estimate of drug-likeness (QED) is 0.700. The first-order valence-corrected chi connectivity index (χ1v) is 5.53. The summed E-state index contributed by atoms with van der Waals surface area (Å²) in [7, 11) is 0. The highest BCUT2D eigenvalue weighted by Crippen LogP contribution is 2.19. The van der Waals surface area contributed by atoms with E-state index in [4.69, 9.17) is 0 Å². The van der Waals surface area contributed by atoms with E-state index in [1.165, 1.54) is 0 Å². The van der Waals surface area contributed by atoms with Crippen LogP contribution in [0, 0.1) is 0 Å². The van der Waals surface area contributed by atoms with Crippen LogP contribution in [0.2, 0.25) is 0 Å². The lowest BCUT2D eigenvalue weighted by atomic mass is 10.1. The Balaban J connectivity index is 2.34. The van der Waals surface area contributed by atoms with E-state index in [9.17, 15) is 0 Å². The second-order valence-corrected chi connectivity index (χ2v) is 3.65. The zero-order chi connectivity index (χ0) is 9.80. The zero-order valence-electron chi connectivity index (χ0n) is 7.84. The fraction of sp³-hybridized carbons (Fsp3) is 0.0909. The van der Waals surface area contributed by atoms with Gasteiger partial charge in [-0.05, 0) is 30.0 Å². The van der Waals surface area contributed by atoms with Gasteiger partial charge in [-0.3, -0.25) is 4.98 Å². The molecule has 2 nitrogen and oxygen atoms in total. The van der Waals surface area contributed by atoms with Crippen molar-refractivity contribution in [3.8, 4) is 11.1 Å². The number of nitrogens with zero attached hydrogens (tertiary/aromatic N) is 2. The molecule has 0 radical (unpaired) electrons. The van der Waals surface area contributed by atoms with E-state index in [0.717, 1.165) is 16.2 Å². The van der Waals surface area contributed by atoms with Crippen molar-refractivity contribution < 1.29 is 0 Å². The Morgan fingerprint density at radius 1 is 1.00 bits per heavy atom. The van der Waals surface area contributed by atoms with Crippen LogP contribution in [0.4, 0.5) is 0 Å². The largest absolute Gasteiger partial charge is 0.265 e. The molecule has 0 unspecified atom stereocenters. The van der Waals surface area contributed by atoms with Gasteiger partial charge in [0.2, 0.25) is 0 Å². The van der Waals surface area contributed by atoms with E-state index in [1.54, 1.807) is 24.2 Å². The van der Waals surface area contributed by atoms with Crippen molar-refractivity contribution in [2.75, 3.05) is 6.26 Å². The van der Waals surface area contributed by atoms with Gasteiger partial charge in [0.15, 0.2) is 0 Å². The number of hydrogen-bond donors (Lipinski definition) is 0. The third-order valence-electron chi connectivity index (χ3n) is 1.96. The smallest absolute Gasteiger partial charge is 0.0957 e. The van der Waals surface area contributed by atoms with Crippen LogP contribution >= 0.6 is 11.8 Å². The summed E-state index contributed by atoms with van der Waals surface area (Å²) in [5.74, 6) is 0. The fourth-order valence-corrected chi connectivity index (χ4v) is 1.58. The van der Waals surface area contributed by atoms with Crippen LogP contribution < -0.4 is 0 Å². The van der Waals surface area contributed by atoms with E-state index in [-0.39, 0.29) is 0 Å². The summed E-state index contributed by atoms with van der Waals surface area (Å²) in [4.78, 5) is 8.30. The van der Waals surface area contributed by atoms with Crippen molar-refractivity contribution in [3.05, 3.63) is 42.9 Å². The van der Waals surface area contributed by atoms with Gasteiger partial charge >= 0.3 is 0 Å². The minimum atomic E-state index is 1.04. The number of thioether (sulfide) groups is 1. The van der Waals surface area contributed by atoms with E-state index in [1.807, 2.05) is 30.7 Å². The molecule has 14 heavy (non-hydrogen) atoms. The van der Waals surface area contributed by atoms with Crippen molar-refractivity contribution in [3.63, 3.8) is 0 Å². The number of rotatable bonds is 2. The molecule has 0 atom stereocenters. The SMILES string of the molecule is CSc1ccc(-c2ccncc2)cn1. The predicted molar refractivity (Wildman–Crippen MR) is 59.2 cm³/mol. The Morgan fingerprint density at radius 3 is 2.36 bits per heavy atom. The van der Waals surface area contributed by atoms with Gasteiger partial charge in [-0.15, -0.1) is 11.8 Å². The van der Waals surface area contributed by atoms with Gasteiger partial charge in [-0.25, -0.2) is 4.98 Å². The van der Waals surface area contributed by atoms with Gasteiger partial charge in [0.25, 0.3) is 0 Å². The maximum atomic E-state index is 4.32. The maximum absolute atomic E-state index is 4.32. The first kappa shape index (κ1) is 9.21. The topological polar surface area (TPSA) is 25.8 Å². The lowest BCUT2D eigenvalue weighted by molar-refractivity contribution is 1.14. The van der Waals surface area contributed by atoms with Crippen LogP contribution in [0.5, 0.6) is 0 Å². The first-order chi connectivity index (χ1) is 6.90. The van der Waals surface area contributed by atoms with Gasteiger partial charge in [0.1, 0.15) is 0 Å². The molecule has 2 heterocycles. The van der Waals surface area contributed by atoms with Crippen LogP contribution in [-0.2, 0) is 0 Å². The summed E-state index contributed by atoms with van der Waals surface area (Å²) < 4.78 is 0. The Bertz CT molecular complexity index is 397. The highest BCUT2D eigenvalue weighted by molar-refractivity contribution is 7.98. The summed E-state index contributed by atoms with van der Waals surface area (Å²) in [6.45, 7) is 0. The number of hydrogen-bond acceptors (Lipinski definition) is 3. The fourth-order valence-electron chi connectivity index (χ4n) is 1.22. The van der Waals surface area contributed by atoms with E-state index in [2.05, 4.69) is 16.0 Å².